The minimum absolute atomic E-state index is 0.150. The molecular weight excluding hydrogens is 338 g/mol. The third-order valence-corrected chi connectivity index (χ3v) is 3.54. The van der Waals surface area contributed by atoms with Crippen LogP contribution in [0.4, 0.5) is 11.4 Å². The van der Waals surface area contributed by atoms with Crippen LogP contribution in [-0.2, 0) is 4.79 Å². The minimum Gasteiger partial charge on any atom is -0.457 e. The lowest BCUT2D eigenvalue weighted by Gasteiger charge is -2.09. The molecule has 0 aliphatic carbocycles. The van der Waals surface area contributed by atoms with E-state index in [1.165, 1.54) is 0 Å². The predicted octanol–water partition coefficient (Wildman–Crippen LogP) is 4.58. The Bertz CT molecular complexity index is 839. The molecule has 0 spiro atoms. The summed E-state index contributed by atoms with van der Waals surface area (Å²) in [5, 5.41) is 6.42. The summed E-state index contributed by atoms with van der Waals surface area (Å²) in [6, 6.07) is 18.0. The highest BCUT2D eigenvalue weighted by molar-refractivity contribution is 6.30. The number of hydrogen-bond donors (Lipinski definition) is 2. The molecule has 0 radical (unpaired) electrons. The number of amides is 1. The second-order valence-electron chi connectivity index (χ2n) is 5.22. The highest BCUT2D eigenvalue weighted by atomic mass is 35.5. The number of halogens is 1. The van der Waals surface area contributed by atoms with Gasteiger partial charge in [0.1, 0.15) is 11.5 Å². The van der Waals surface area contributed by atoms with E-state index in [4.69, 9.17) is 16.3 Å². The first kappa shape index (κ1) is 16.8. The van der Waals surface area contributed by atoms with Gasteiger partial charge in [-0.25, -0.2) is 0 Å². The number of nitrogens with one attached hydrogen (secondary N) is 2. The summed E-state index contributed by atoms with van der Waals surface area (Å²) in [4.78, 5) is 15.9. The van der Waals surface area contributed by atoms with Gasteiger partial charge in [0.25, 0.3) is 0 Å². The monoisotopic (exact) mass is 353 g/mol. The molecule has 25 heavy (non-hydrogen) atoms. The van der Waals surface area contributed by atoms with E-state index in [2.05, 4.69) is 15.6 Å². The number of carbonyl (C=O) groups excluding carboxylic acids is 1. The maximum atomic E-state index is 12.0. The summed E-state index contributed by atoms with van der Waals surface area (Å²) in [6.07, 6.45) is 3.34. The van der Waals surface area contributed by atoms with Crippen molar-refractivity contribution in [1.82, 2.24) is 4.98 Å². The quantitative estimate of drug-likeness (QED) is 0.681. The molecule has 0 saturated carbocycles. The second kappa shape index (κ2) is 8.17. The molecule has 0 aliphatic heterocycles. The largest absolute Gasteiger partial charge is 0.457 e. The number of benzene rings is 2. The zero-order valence-electron chi connectivity index (χ0n) is 13.3. The van der Waals surface area contributed by atoms with Crippen LogP contribution in [0.15, 0.2) is 73.1 Å². The van der Waals surface area contributed by atoms with E-state index in [-0.39, 0.29) is 12.5 Å². The molecule has 2 aromatic carbocycles. The minimum atomic E-state index is -0.153. The molecular formula is C19H16ClN3O2. The van der Waals surface area contributed by atoms with Crippen LogP contribution in [0.25, 0.3) is 0 Å². The average molecular weight is 354 g/mol. The van der Waals surface area contributed by atoms with Crippen LogP contribution in [0.2, 0.25) is 5.02 Å². The SMILES string of the molecule is O=C(CNc1ccc(Oc2ccncc2)cc1)Nc1cccc(Cl)c1. The van der Waals surface area contributed by atoms with E-state index in [1.807, 2.05) is 24.3 Å². The van der Waals surface area contributed by atoms with Gasteiger partial charge in [-0.3, -0.25) is 9.78 Å². The van der Waals surface area contributed by atoms with E-state index >= 15 is 0 Å². The van der Waals surface area contributed by atoms with Gasteiger partial charge in [0.05, 0.1) is 6.54 Å². The van der Waals surface area contributed by atoms with E-state index < -0.39 is 0 Å². The fourth-order valence-electron chi connectivity index (χ4n) is 2.14. The van der Waals surface area contributed by atoms with Gasteiger partial charge in [-0.2, -0.15) is 0 Å². The van der Waals surface area contributed by atoms with Crippen LogP contribution in [0.5, 0.6) is 11.5 Å². The number of pyridine rings is 1. The highest BCUT2D eigenvalue weighted by Gasteiger charge is 2.03. The summed E-state index contributed by atoms with van der Waals surface area (Å²) < 4.78 is 5.69. The lowest BCUT2D eigenvalue weighted by atomic mass is 10.3. The molecule has 0 aliphatic rings. The molecule has 1 aromatic heterocycles. The number of hydrogen-bond acceptors (Lipinski definition) is 4. The Kier molecular flexibility index (Phi) is 5.49. The fraction of sp³-hybridized carbons (Fsp3) is 0.0526. The number of aromatic nitrogens is 1. The van der Waals surface area contributed by atoms with Crippen molar-refractivity contribution in [2.75, 3.05) is 17.2 Å². The van der Waals surface area contributed by atoms with E-state index in [1.54, 1.807) is 48.8 Å². The molecule has 126 valence electrons. The molecule has 0 atom stereocenters. The van der Waals surface area contributed by atoms with E-state index in [0.29, 0.717) is 16.5 Å². The first-order valence-corrected chi connectivity index (χ1v) is 8.04. The molecule has 3 rings (SSSR count). The molecule has 0 bridgehead atoms. The summed E-state index contributed by atoms with van der Waals surface area (Å²) in [5.74, 6) is 1.27. The third kappa shape index (κ3) is 5.22. The number of anilines is 2. The van der Waals surface area contributed by atoms with E-state index in [0.717, 1.165) is 11.4 Å². The average Bonchev–Trinajstić information content (AvgIpc) is 2.62. The lowest BCUT2D eigenvalue weighted by Crippen LogP contribution is -2.21. The predicted molar refractivity (Wildman–Crippen MR) is 99.3 cm³/mol. The van der Waals surface area contributed by atoms with Crippen LogP contribution in [0, 0.1) is 0 Å². The molecule has 2 N–H and O–H groups in total. The van der Waals surface area contributed by atoms with Crippen LogP contribution in [-0.4, -0.2) is 17.4 Å². The summed E-state index contributed by atoms with van der Waals surface area (Å²) in [5.41, 5.74) is 1.49. The van der Waals surface area contributed by atoms with Gasteiger partial charge < -0.3 is 15.4 Å². The van der Waals surface area contributed by atoms with Crippen molar-refractivity contribution in [1.29, 1.82) is 0 Å². The van der Waals surface area contributed by atoms with Gasteiger partial charge in [-0.15, -0.1) is 0 Å². The fourth-order valence-corrected chi connectivity index (χ4v) is 2.33. The molecule has 3 aromatic rings. The van der Waals surface area contributed by atoms with Crippen LogP contribution in [0.1, 0.15) is 0 Å². The van der Waals surface area contributed by atoms with Crippen molar-refractivity contribution >= 4 is 28.9 Å². The molecule has 1 heterocycles. The van der Waals surface area contributed by atoms with Gasteiger partial charge in [-0.1, -0.05) is 17.7 Å². The second-order valence-corrected chi connectivity index (χ2v) is 5.66. The van der Waals surface area contributed by atoms with Gasteiger partial charge in [-0.05, 0) is 54.6 Å². The first-order valence-electron chi connectivity index (χ1n) is 7.66. The normalized spacial score (nSPS) is 10.1. The Balaban J connectivity index is 1.50. The number of nitrogens with zero attached hydrogens (tertiary/aromatic N) is 1. The number of rotatable bonds is 6. The van der Waals surface area contributed by atoms with Crippen molar-refractivity contribution < 1.29 is 9.53 Å². The molecule has 5 nitrogen and oxygen atoms in total. The van der Waals surface area contributed by atoms with Crippen LogP contribution < -0.4 is 15.4 Å². The maximum Gasteiger partial charge on any atom is 0.243 e. The highest BCUT2D eigenvalue weighted by Crippen LogP contribution is 2.22. The Morgan fingerprint density at radius 2 is 1.68 bits per heavy atom. The van der Waals surface area contributed by atoms with Crippen molar-refractivity contribution in [3.63, 3.8) is 0 Å². The lowest BCUT2D eigenvalue weighted by molar-refractivity contribution is -0.114. The standard InChI is InChI=1S/C19H16ClN3O2/c20-14-2-1-3-16(12-14)23-19(24)13-22-15-4-6-17(7-5-15)25-18-8-10-21-11-9-18/h1-12,22H,13H2,(H,23,24). The van der Waals surface area contributed by atoms with Crippen molar-refractivity contribution in [2.24, 2.45) is 0 Å². The van der Waals surface area contributed by atoms with Gasteiger partial charge in [0.2, 0.25) is 5.91 Å². The first-order chi connectivity index (χ1) is 12.2. The van der Waals surface area contributed by atoms with Gasteiger partial charge in [0, 0.05) is 28.8 Å². The summed E-state index contributed by atoms with van der Waals surface area (Å²) >= 11 is 5.89. The smallest absolute Gasteiger partial charge is 0.243 e. The molecule has 6 heteroatoms. The zero-order valence-corrected chi connectivity index (χ0v) is 14.0. The number of carbonyl (C=O) groups is 1. The van der Waals surface area contributed by atoms with Crippen molar-refractivity contribution in [3.05, 3.63) is 78.1 Å². The molecule has 0 saturated heterocycles. The Morgan fingerprint density at radius 1 is 0.960 bits per heavy atom. The van der Waals surface area contributed by atoms with Gasteiger partial charge in [0.15, 0.2) is 0 Å². The van der Waals surface area contributed by atoms with Crippen molar-refractivity contribution in [3.8, 4) is 11.5 Å². The topological polar surface area (TPSA) is 63.2 Å². The summed E-state index contributed by atoms with van der Waals surface area (Å²) in [7, 11) is 0. The molecule has 0 unspecified atom stereocenters. The van der Waals surface area contributed by atoms with Gasteiger partial charge >= 0.3 is 0 Å². The zero-order chi connectivity index (χ0) is 17.5. The van der Waals surface area contributed by atoms with Crippen LogP contribution >= 0.6 is 11.6 Å². The third-order valence-electron chi connectivity index (χ3n) is 3.30. The molecule has 1 amide bonds. The maximum absolute atomic E-state index is 12.0. The molecule has 0 fully saturated rings. The van der Waals surface area contributed by atoms with E-state index in [9.17, 15) is 4.79 Å². The Hall–Kier alpha value is -3.05. The Morgan fingerprint density at radius 3 is 2.40 bits per heavy atom. The Labute approximate surface area is 150 Å². The van der Waals surface area contributed by atoms with Crippen LogP contribution in [0.3, 0.4) is 0 Å². The summed E-state index contributed by atoms with van der Waals surface area (Å²) in [6.45, 7) is 0.150. The van der Waals surface area contributed by atoms with Crippen molar-refractivity contribution in [2.45, 2.75) is 0 Å². The number of ether oxygens (including phenoxy) is 1.